The third-order valence-electron chi connectivity index (χ3n) is 2.79. The summed E-state index contributed by atoms with van der Waals surface area (Å²) in [7, 11) is 0. The van der Waals surface area contributed by atoms with E-state index in [1.54, 1.807) is 6.08 Å². The average Bonchev–Trinajstić information content (AvgIpc) is 2.78. The van der Waals surface area contributed by atoms with E-state index in [1.807, 2.05) is 36.4 Å². The van der Waals surface area contributed by atoms with Gasteiger partial charge in [0.1, 0.15) is 12.3 Å². The highest BCUT2D eigenvalue weighted by molar-refractivity contribution is 6.30. The van der Waals surface area contributed by atoms with Gasteiger partial charge >= 0.3 is 0 Å². The Kier molecular flexibility index (Phi) is 2.65. The molecule has 1 heterocycles. The highest BCUT2D eigenvalue weighted by atomic mass is 16.6. The van der Waals surface area contributed by atoms with Gasteiger partial charge in [0, 0.05) is 10.8 Å². The molecule has 18 heavy (non-hydrogen) atoms. The number of hydrogen-bond donors (Lipinski definition) is 0. The van der Waals surface area contributed by atoms with Crippen molar-refractivity contribution >= 4 is 11.3 Å². The molecule has 0 N–H and O–H groups in total. The summed E-state index contributed by atoms with van der Waals surface area (Å²) >= 11 is 0. The van der Waals surface area contributed by atoms with Crippen molar-refractivity contribution in [2.75, 3.05) is 6.61 Å². The van der Waals surface area contributed by atoms with Gasteiger partial charge in [-0.2, -0.15) is 0 Å². The molecule has 0 saturated heterocycles. The van der Waals surface area contributed by atoms with E-state index >= 15 is 0 Å². The molecule has 0 unspecified atom stereocenters. The monoisotopic (exact) mass is 236 g/mol. The van der Waals surface area contributed by atoms with Crippen LogP contribution in [0.3, 0.4) is 0 Å². The van der Waals surface area contributed by atoms with E-state index in [0.717, 1.165) is 27.6 Å². The molecule has 2 aliphatic rings. The molecule has 0 saturated carbocycles. The van der Waals surface area contributed by atoms with E-state index < -0.39 is 0 Å². The minimum absolute atomic E-state index is 0.405. The molecule has 0 amide bonds. The van der Waals surface area contributed by atoms with Crippen molar-refractivity contribution in [3.63, 3.8) is 0 Å². The average molecular weight is 236 g/mol. The molecule has 88 valence electrons. The quantitative estimate of drug-likeness (QED) is 0.444. The standard InChI is InChI=1S/C15H12N2O/c1-2-10-18-17-14-9-5-8-13-15(14)11-6-3-4-7-12(11)16-13/h2-9H,1,10H2. The summed E-state index contributed by atoms with van der Waals surface area (Å²) in [6, 6.07) is 8.05. The molecule has 1 aromatic rings. The molecule has 1 aliphatic carbocycles. The lowest BCUT2D eigenvalue weighted by molar-refractivity contribution is 0.175. The van der Waals surface area contributed by atoms with Crippen molar-refractivity contribution in [3.8, 4) is 0 Å². The van der Waals surface area contributed by atoms with Gasteiger partial charge in [-0.3, -0.25) is 0 Å². The fourth-order valence-corrected chi connectivity index (χ4v) is 2.05. The highest BCUT2D eigenvalue weighted by Crippen LogP contribution is 2.20. The molecule has 0 bridgehead atoms. The number of rotatable bonds is 3. The number of benzene rings is 1. The zero-order chi connectivity index (χ0) is 12.4. The SMILES string of the molecule is C=CCON=C1C=CC=C2N=c3ccccc3=C21. The minimum atomic E-state index is 0.405. The van der Waals surface area contributed by atoms with E-state index in [4.69, 9.17) is 4.84 Å². The van der Waals surface area contributed by atoms with Crippen molar-refractivity contribution in [1.82, 2.24) is 0 Å². The van der Waals surface area contributed by atoms with Crippen molar-refractivity contribution in [2.45, 2.75) is 0 Å². The fraction of sp³-hybridized carbons (Fsp3) is 0.0667. The first kappa shape index (κ1) is 10.7. The Morgan fingerprint density at radius 3 is 3.11 bits per heavy atom. The molecule has 3 heteroatoms. The van der Waals surface area contributed by atoms with Crippen LogP contribution in [0.5, 0.6) is 0 Å². The summed E-state index contributed by atoms with van der Waals surface area (Å²) in [5, 5.41) is 6.23. The molecule has 3 rings (SSSR count). The van der Waals surface area contributed by atoms with Crippen LogP contribution in [0, 0.1) is 0 Å². The van der Waals surface area contributed by atoms with E-state index in [0.29, 0.717) is 6.61 Å². The van der Waals surface area contributed by atoms with E-state index in [1.165, 1.54) is 0 Å². The topological polar surface area (TPSA) is 34.0 Å². The van der Waals surface area contributed by atoms with Gasteiger partial charge in [-0.25, -0.2) is 4.99 Å². The zero-order valence-electron chi connectivity index (χ0n) is 9.84. The third kappa shape index (κ3) is 1.70. The van der Waals surface area contributed by atoms with Crippen molar-refractivity contribution < 1.29 is 4.84 Å². The summed E-state index contributed by atoms with van der Waals surface area (Å²) in [4.78, 5) is 9.74. The van der Waals surface area contributed by atoms with Crippen LogP contribution in [0.15, 0.2) is 71.0 Å². The third-order valence-corrected chi connectivity index (χ3v) is 2.79. The second kappa shape index (κ2) is 4.45. The Balaban J connectivity index is 2.14. The number of para-hydroxylation sites is 1. The first-order valence-corrected chi connectivity index (χ1v) is 5.78. The number of nitrogens with zero attached hydrogens (tertiary/aromatic N) is 2. The van der Waals surface area contributed by atoms with Crippen LogP contribution in [0.25, 0.3) is 5.57 Å². The summed E-state index contributed by atoms with van der Waals surface area (Å²) in [5.41, 5.74) is 2.79. The van der Waals surface area contributed by atoms with E-state index in [2.05, 4.69) is 22.8 Å². The molecular weight excluding hydrogens is 224 g/mol. The van der Waals surface area contributed by atoms with Crippen LogP contribution in [-0.4, -0.2) is 12.3 Å². The Hall–Kier alpha value is -2.42. The van der Waals surface area contributed by atoms with Gasteiger partial charge in [-0.15, -0.1) is 0 Å². The van der Waals surface area contributed by atoms with Gasteiger partial charge in [0.15, 0.2) is 0 Å². The van der Waals surface area contributed by atoms with Gasteiger partial charge in [0.25, 0.3) is 0 Å². The van der Waals surface area contributed by atoms with Gasteiger partial charge in [-0.05, 0) is 18.2 Å². The van der Waals surface area contributed by atoms with Gasteiger partial charge in [0.2, 0.25) is 0 Å². The minimum Gasteiger partial charge on any atom is -0.391 e. The van der Waals surface area contributed by atoms with Crippen molar-refractivity contribution in [3.05, 3.63) is 71.4 Å². The van der Waals surface area contributed by atoms with Crippen LogP contribution in [-0.2, 0) is 4.84 Å². The number of hydrogen-bond acceptors (Lipinski definition) is 3. The molecule has 1 aliphatic heterocycles. The maximum absolute atomic E-state index is 5.17. The number of fused-ring (bicyclic) bond motifs is 2. The highest BCUT2D eigenvalue weighted by Gasteiger charge is 2.19. The molecule has 3 nitrogen and oxygen atoms in total. The summed E-state index contributed by atoms with van der Waals surface area (Å²) < 4.78 is 0. The van der Waals surface area contributed by atoms with Gasteiger partial charge in [-0.1, -0.05) is 42.1 Å². The summed E-state index contributed by atoms with van der Waals surface area (Å²) in [6.07, 6.45) is 7.52. The second-order valence-electron chi connectivity index (χ2n) is 3.98. The normalized spacial score (nSPS) is 17.9. The lowest BCUT2D eigenvalue weighted by atomic mass is 10.0. The molecular formula is C15H12N2O. The lowest BCUT2D eigenvalue weighted by Crippen LogP contribution is -2.24. The second-order valence-corrected chi connectivity index (χ2v) is 3.98. The smallest absolute Gasteiger partial charge is 0.135 e. The Morgan fingerprint density at radius 2 is 2.22 bits per heavy atom. The molecule has 0 radical (unpaired) electrons. The van der Waals surface area contributed by atoms with Gasteiger partial charge < -0.3 is 4.84 Å². The predicted molar refractivity (Wildman–Crippen MR) is 71.4 cm³/mol. The van der Waals surface area contributed by atoms with Crippen LogP contribution in [0.1, 0.15) is 0 Å². The van der Waals surface area contributed by atoms with Gasteiger partial charge in [0.05, 0.1) is 11.1 Å². The van der Waals surface area contributed by atoms with Crippen LogP contribution < -0.4 is 10.6 Å². The first-order valence-electron chi connectivity index (χ1n) is 5.78. The fourth-order valence-electron chi connectivity index (χ4n) is 2.05. The Morgan fingerprint density at radius 1 is 1.33 bits per heavy atom. The van der Waals surface area contributed by atoms with E-state index in [-0.39, 0.29) is 0 Å². The summed E-state index contributed by atoms with van der Waals surface area (Å²) in [6.45, 7) is 4.00. The first-order chi connectivity index (χ1) is 8.90. The summed E-state index contributed by atoms with van der Waals surface area (Å²) in [5.74, 6) is 0. The molecule has 0 aromatic heterocycles. The van der Waals surface area contributed by atoms with Crippen LogP contribution in [0.4, 0.5) is 0 Å². The molecule has 1 aromatic carbocycles. The number of allylic oxidation sites excluding steroid dienone is 4. The number of oxime groups is 1. The zero-order valence-corrected chi connectivity index (χ0v) is 9.84. The maximum atomic E-state index is 5.17. The Labute approximate surface area is 105 Å². The van der Waals surface area contributed by atoms with Crippen LogP contribution >= 0.6 is 0 Å². The molecule has 0 atom stereocenters. The predicted octanol–water partition coefficient (Wildman–Crippen LogP) is 1.48. The molecule has 0 spiro atoms. The van der Waals surface area contributed by atoms with Crippen molar-refractivity contribution in [1.29, 1.82) is 0 Å². The van der Waals surface area contributed by atoms with Crippen molar-refractivity contribution in [2.24, 2.45) is 10.1 Å². The van der Waals surface area contributed by atoms with E-state index in [9.17, 15) is 0 Å². The van der Waals surface area contributed by atoms with Crippen LogP contribution in [0.2, 0.25) is 0 Å². The Bertz CT molecular complexity index is 708. The lowest BCUT2D eigenvalue weighted by Gasteiger charge is -2.07. The largest absolute Gasteiger partial charge is 0.391 e. The molecule has 0 fully saturated rings. The maximum Gasteiger partial charge on any atom is 0.135 e.